The van der Waals surface area contributed by atoms with Crippen LogP contribution in [0.25, 0.3) is 0 Å². The van der Waals surface area contributed by atoms with Crippen molar-refractivity contribution in [1.29, 1.82) is 0 Å². The van der Waals surface area contributed by atoms with Gasteiger partial charge in [-0.05, 0) is 19.8 Å². The molecule has 0 radical (unpaired) electrons. The van der Waals surface area contributed by atoms with Crippen molar-refractivity contribution in [2.75, 3.05) is 12.3 Å². The lowest BCUT2D eigenvalue weighted by Crippen LogP contribution is -2.32. The molecule has 1 rings (SSSR count). The molecule has 0 spiro atoms. The summed E-state index contributed by atoms with van der Waals surface area (Å²) >= 11 is 3.44. The molecule has 15 heavy (non-hydrogen) atoms. The van der Waals surface area contributed by atoms with Gasteiger partial charge in [-0.1, -0.05) is 36.9 Å². The molecule has 5 heteroatoms. The normalized spacial score (nSPS) is 13.4. The molecule has 0 amide bonds. The van der Waals surface area contributed by atoms with Gasteiger partial charge in [0.1, 0.15) is 5.01 Å². The fourth-order valence-electron chi connectivity index (χ4n) is 0.997. The fourth-order valence-corrected chi connectivity index (χ4v) is 2.75. The Morgan fingerprint density at radius 1 is 1.33 bits per heavy atom. The van der Waals surface area contributed by atoms with Crippen molar-refractivity contribution in [3.8, 4) is 0 Å². The second kappa shape index (κ2) is 6.45. The Kier molecular flexibility index (Phi) is 5.56. The Morgan fingerprint density at radius 3 is 2.60 bits per heavy atom. The molecule has 0 saturated heterocycles. The second-order valence-corrected chi connectivity index (χ2v) is 6.45. The molecule has 0 aliphatic rings. The molecule has 1 unspecified atom stereocenters. The zero-order valence-corrected chi connectivity index (χ0v) is 11.4. The summed E-state index contributed by atoms with van der Waals surface area (Å²) in [5, 5.41) is 12.6. The van der Waals surface area contributed by atoms with Crippen LogP contribution in [0.2, 0.25) is 0 Å². The van der Waals surface area contributed by atoms with Crippen LogP contribution in [0.15, 0.2) is 4.34 Å². The average Bonchev–Trinajstić information content (AvgIpc) is 2.58. The van der Waals surface area contributed by atoms with E-state index in [0.717, 1.165) is 21.6 Å². The average molecular weight is 245 g/mol. The first-order valence-electron chi connectivity index (χ1n) is 5.26. The van der Waals surface area contributed by atoms with Crippen molar-refractivity contribution in [3.63, 3.8) is 0 Å². The number of hydrogen-bond donors (Lipinski definition) is 1. The molecule has 0 aromatic carbocycles. The summed E-state index contributed by atoms with van der Waals surface area (Å²) in [5.41, 5.74) is 0. The van der Waals surface area contributed by atoms with Crippen LogP contribution in [0.3, 0.4) is 0 Å². The van der Waals surface area contributed by atoms with Gasteiger partial charge in [-0.3, -0.25) is 0 Å². The standard InChI is InChI=1S/C10H19N3S2/c1-7(2)8(3)11-5-6-14-10-13-12-9(4)15-10/h7-8,11H,5-6H2,1-4H3. The van der Waals surface area contributed by atoms with Gasteiger partial charge in [0.2, 0.25) is 0 Å². The van der Waals surface area contributed by atoms with Crippen molar-refractivity contribution < 1.29 is 0 Å². The van der Waals surface area contributed by atoms with Crippen LogP contribution in [0.4, 0.5) is 0 Å². The van der Waals surface area contributed by atoms with Crippen LogP contribution in [0, 0.1) is 12.8 Å². The topological polar surface area (TPSA) is 37.8 Å². The third-order valence-electron chi connectivity index (χ3n) is 2.30. The molecule has 86 valence electrons. The van der Waals surface area contributed by atoms with Gasteiger partial charge >= 0.3 is 0 Å². The SMILES string of the molecule is Cc1nnc(SCCNC(C)C(C)C)s1. The van der Waals surface area contributed by atoms with Crippen LogP contribution in [0.1, 0.15) is 25.8 Å². The number of aromatic nitrogens is 2. The summed E-state index contributed by atoms with van der Waals surface area (Å²) in [7, 11) is 0. The Balaban J connectivity index is 2.12. The lowest BCUT2D eigenvalue weighted by Gasteiger charge is -2.16. The number of hydrogen-bond acceptors (Lipinski definition) is 5. The van der Waals surface area contributed by atoms with E-state index in [1.54, 1.807) is 23.1 Å². The van der Waals surface area contributed by atoms with Gasteiger partial charge < -0.3 is 5.32 Å². The number of nitrogens with one attached hydrogen (secondary N) is 1. The Hall–Kier alpha value is -0.130. The lowest BCUT2D eigenvalue weighted by atomic mass is 10.1. The highest BCUT2D eigenvalue weighted by atomic mass is 32.2. The summed E-state index contributed by atoms with van der Waals surface area (Å²) in [6.07, 6.45) is 0. The van der Waals surface area contributed by atoms with Crippen LogP contribution in [-0.2, 0) is 0 Å². The second-order valence-electron chi connectivity index (χ2n) is 3.92. The summed E-state index contributed by atoms with van der Waals surface area (Å²) in [6.45, 7) is 9.71. The highest BCUT2D eigenvalue weighted by molar-refractivity contribution is 8.01. The van der Waals surface area contributed by atoms with Crippen LogP contribution in [-0.4, -0.2) is 28.5 Å². The molecule has 3 nitrogen and oxygen atoms in total. The maximum absolute atomic E-state index is 4.07. The quantitative estimate of drug-likeness (QED) is 0.617. The molecule has 0 fully saturated rings. The molecule has 1 N–H and O–H groups in total. The number of thioether (sulfide) groups is 1. The maximum atomic E-state index is 4.07. The van der Waals surface area contributed by atoms with E-state index in [9.17, 15) is 0 Å². The summed E-state index contributed by atoms with van der Waals surface area (Å²) in [6, 6.07) is 0.585. The van der Waals surface area contributed by atoms with Gasteiger partial charge in [0, 0.05) is 18.3 Å². The number of aryl methyl sites for hydroxylation is 1. The first-order valence-corrected chi connectivity index (χ1v) is 7.06. The zero-order chi connectivity index (χ0) is 11.3. The summed E-state index contributed by atoms with van der Waals surface area (Å²) in [5.74, 6) is 1.75. The predicted octanol–water partition coefficient (Wildman–Crippen LogP) is 2.57. The van der Waals surface area contributed by atoms with Gasteiger partial charge in [0.25, 0.3) is 0 Å². The van der Waals surface area contributed by atoms with Gasteiger partial charge in [0.05, 0.1) is 0 Å². The van der Waals surface area contributed by atoms with Crippen molar-refractivity contribution in [2.45, 2.75) is 38.1 Å². The van der Waals surface area contributed by atoms with Crippen LogP contribution < -0.4 is 5.32 Å². The largest absolute Gasteiger partial charge is 0.313 e. The van der Waals surface area contributed by atoms with Crippen molar-refractivity contribution in [3.05, 3.63) is 5.01 Å². The first-order chi connectivity index (χ1) is 7.09. The van der Waals surface area contributed by atoms with E-state index in [0.29, 0.717) is 12.0 Å². The Bertz CT molecular complexity index is 286. The van der Waals surface area contributed by atoms with E-state index in [2.05, 4.69) is 36.3 Å². The molecular formula is C10H19N3S2. The summed E-state index contributed by atoms with van der Waals surface area (Å²) < 4.78 is 1.08. The van der Waals surface area contributed by atoms with Gasteiger partial charge in [-0.15, -0.1) is 10.2 Å². The molecule has 1 atom stereocenters. The highest BCUT2D eigenvalue weighted by Gasteiger charge is 2.05. The molecule has 0 aliphatic carbocycles. The fraction of sp³-hybridized carbons (Fsp3) is 0.800. The van der Waals surface area contributed by atoms with Crippen LogP contribution >= 0.6 is 23.1 Å². The van der Waals surface area contributed by atoms with Crippen LogP contribution in [0.5, 0.6) is 0 Å². The van der Waals surface area contributed by atoms with Gasteiger partial charge in [0.15, 0.2) is 4.34 Å². The predicted molar refractivity (Wildman–Crippen MR) is 67.7 cm³/mol. The number of rotatable bonds is 6. The zero-order valence-electron chi connectivity index (χ0n) is 9.78. The van der Waals surface area contributed by atoms with Gasteiger partial charge in [-0.25, -0.2) is 0 Å². The maximum Gasteiger partial charge on any atom is 0.174 e. The van der Waals surface area contributed by atoms with E-state index >= 15 is 0 Å². The smallest absolute Gasteiger partial charge is 0.174 e. The Morgan fingerprint density at radius 2 is 2.07 bits per heavy atom. The summed E-state index contributed by atoms with van der Waals surface area (Å²) in [4.78, 5) is 0. The van der Waals surface area contributed by atoms with Gasteiger partial charge in [-0.2, -0.15) is 0 Å². The Labute approximate surface area is 100 Å². The minimum absolute atomic E-state index is 0.585. The van der Waals surface area contributed by atoms with E-state index in [1.807, 2.05) is 6.92 Å². The van der Waals surface area contributed by atoms with E-state index in [4.69, 9.17) is 0 Å². The van der Waals surface area contributed by atoms with E-state index in [1.165, 1.54) is 0 Å². The lowest BCUT2D eigenvalue weighted by molar-refractivity contribution is 0.438. The molecule has 1 aromatic rings. The minimum atomic E-state index is 0.585. The van der Waals surface area contributed by atoms with Crippen molar-refractivity contribution >= 4 is 23.1 Å². The first kappa shape index (κ1) is 12.9. The third-order valence-corrected chi connectivity index (χ3v) is 4.28. The molecule has 0 saturated carbocycles. The molecule has 1 heterocycles. The van der Waals surface area contributed by atoms with Crippen molar-refractivity contribution in [1.82, 2.24) is 15.5 Å². The molecule has 1 aromatic heterocycles. The van der Waals surface area contributed by atoms with Crippen molar-refractivity contribution in [2.24, 2.45) is 5.92 Å². The van der Waals surface area contributed by atoms with E-state index in [-0.39, 0.29) is 0 Å². The minimum Gasteiger partial charge on any atom is -0.313 e. The number of nitrogens with zero attached hydrogens (tertiary/aromatic N) is 2. The molecule has 0 aliphatic heterocycles. The third kappa shape index (κ3) is 4.95. The molecule has 0 bridgehead atoms. The van der Waals surface area contributed by atoms with E-state index < -0.39 is 0 Å². The molecular weight excluding hydrogens is 226 g/mol. The monoisotopic (exact) mass is 245 g/mol. The highest BCUT2D eigenvalue weighted by Crippen LogP contribution is 2.20.